The number of rotatable bonds is 6. The number of carbonyl (C=O) groups is 2. The van der Waals surface area contributed by atoms with E-state index >= 15 is 0 Å². The number of halogens is 1. The largest absolute Gasteiger partial charge is 0.444 e. The Morgan fingerprint density at radius 3 is 2.96 bits per heavy atom. The number of aromatic nitrogens is 2. The van der Waals surface area contributed by atoms with Crippen LogP contribution >= 0.6 is 15.9 Å². The first kappa shape index (κ1) is 16.7. The minimum atomic E-state index is -0.269. The van der Waals surface area contributed by atoms with Crippen molar-refractivity contribution in [2.45, 2.75) is 19.0 Å². The topological polar surface area (TPSA) is 98.4 Å². The number of amides is 2. The van der Waals surface area contributed by atoms with Crippen molar-refractivity contribution in [1.29, 1.82) is 0 Å². The normalized spacial score (nSPS) is 16.0. The lowest BCUT2D eigenvalue weighted by Gasteiger charge is -2.10. The quantitative estimate of drug-likeness (QED) is 0.708. The van der Waals surface area contributed by atoms with E-state index in [0.29, 0.717) is 36.5 Å². The Bertz CT molecular complexity index is 731. The van der Waals surface area contributed by atoms with E-state index < -0.39 is 0 Å². The van der Waals surface area contributed by atoms with E-state index in [1.54, 1.807) is 30.0 Å². The van der Waals surface area contributed by atoms with Crippen LogP contribution in [0.15, 0.2) is 27.3 Å². The minimum Gasteiger partial charge on any atom is -0.444 e. The van der Waals surface area contributed by atoms with Crippen LogP contribution in [0.25, 0.3) is 0 Å². The third kappa shape index (κ3) is 3.68. The Kier molecular flexibility index (Phi) is 5.00. The lowest BCUT2D eigenvalue weighted by Crippen LogP contribution is -2.36. The van der Waals surface area contributed by atoms with Crippen molar-refractivity contribution in [3.63, 3.8) is 0 Å². The lowest BCUT2D eigenvalue weighted by atomic mass is 10.2. The maximum absolute atomic E-state index is 12.1. The third-order valence-electron chi connectivity index (χ3n) is 3.67. The summed E-state index contributed by atoms with van der Waals surface area (Å²) in [7, 11) is 1.58. The Hall–Kier alpha value is -2.13. The van der Waals surface area contributed by atoms with Gasteiger partial charge in [0.25, 0.3) is 11.8 Å². The summed E-state index contributed by atoms with van der Waals surface area (Å²) >= 11 is 3.17. The van der Waals surface area contributed by atoms with Gasteiger partial charge < -0.3 is 19.8 Å². The first-order chi connectivity index (χ1) is 11.6. The highest BCUT2D eigenvalue weighted by Gasteiger charge is 2.27. The molecule has 0 aromatic carbocycles. The van der Waals surface area contributed by atoms with Gasteiger partial charge in [0.1, 0.15) is 5.69 Å². The highest BCUT2D eigenvalue weighted by Crippen LogP contribution is 2.18. The molecule has 0 bridgehead atoms. The van der Waals surface area contributed by atoms with Crippen molar-refractivity contribution in [1.82, 2.24) is 20.4 Å². The van der Waals surface area contributed by atoms with Crippen LogP contribution in [0.4, 0.5) is 0 Å². The van der Waals surface area contributed by atoms with Gasteiger partial charge in [-0.1, -0.05) is 0 Å². The smallest absolute Gasteiger partial charge is 0.287 e. The highest BCUT2D eigenvalue weighted by molar-refractivity contribution is 9.10. The molecule has 0 saturated carbocycles. The Balaban J connectivity index is 1.55. The third-order valence-corrected chi connectivity index (χ3v) is 4.09. The maximum atomic E-state index is 12.1. The summed E-state index contributed by atoms with van der Waals surface area (Å²) in [5.74, 6) is -0.242. The van der Waals surface area contributed by atoms with Gasteiger partial charge in [0.05, 0.1) is 19.2 Å². The Labute approximate surface area is 146 Å². The van der Waals surface area contributed by atoms with E-state index in [9.17, 15) is 9.59 Å². The highest BCUT2D eigenvalue weighted by atomic mass is 79.9. The maximum Gasteiger partial charge on any atom is 0.287 e. The van der Waals surface area contributed by atoms with Crippen LogP contribution in [-0.2, 0) is 17.7 Å². The summed E-state index contributed by atoms with van der Waals surface area (Å²) in [5.41, 5.74) is 1.29. The fraction of sp³-hybridized carbons (Fsp3) is 0.400. The van der Waals surface area contributed by atoms with Gasteiger partial charge in [-0.2, -0.15) is 5.10 Å². The number of methoxy groups -OCH3 is 1. The van der Waals surface area contributed by atoms with Crippen LogP contribution in [0.1, 0.15) is 26.7 Å². The molecule has 9 heteroatoms. The number of hydrogen-bond donors (Lipinski definition) is 2. The standard InChI is InChI=1S/C15H17BrN4O4/c1-23-5-4-17-14(21)11-7-10-6-9(8-20(10)19-11)18-15(22)12-2-3-13(16)24-12/h2-3,7,9H,4-6,8H2,1H3,(H,17,21)(H,18,22)/t9-/m0/s1. The van der Waals surface area contributed by atoms with Gasteiger partial charge in [0, 0.05) is 25.8 Å². The van der Waals surface area contributed by atoms with E-state index in [-0.39, 0.29) is 23.6 Å². The predicted octanol–water partition coefficient (Wildman–Crippen LogP) is 0.969. The molecule has 3 heterocycles. The molecule has 3 rings (SSSR count). The molecule has 128 valence electrons. The molecule has 1 aliphatic rings. The Morgan fingerprint density at radius 1 is 1.46 bits per heavy atom. The zero-order valence-corrected chi connectivity index (χ0v) is 14.6. The molecule has 1 atom stereocenters. The fourth-order valence-electron chi connectivity index (χ4n) is 2.56. The number of hydrogen-bond acceptors (Lipinski definition) is 5. The second-order valence-corrected chi connectivity index (χ2v) is 6.21. The van der Waals surface area contributed by atoms with E-state index in [0.717, 1.165) is 5.69 Å². The number of nitrogens with zero attached hydrogens (tertiary/aromatic N) is 2. The molecule has 0 saturated heterocycles. The molecule has 0 unspecified atom stereocenters. The molecule has 2 amide bonds. The van der Waals surface area contributed by atoms with Gasteiger partial charge in [-0.3, -0.25) is 14.3 Å². The monoisotopic (exact) mass is 396 g/mol. The lowest BCUT2D eigenvalue weighted by molar-refractivity contribution is 0.0902. The van der Waals surface area contributed by atoms with Crippen LogP contribution in [-0.4, -0.2) is 47.9 Å². The van der Waals surface area contributed by atoms with Gasteiger partial charge in [0.2, 0.25) is 0 Å². The Morgan fingerprint density at radius 2 is 2.29 bits per heavy atom. The zero-order valence-electron chi connectivity index (χ0n) is 13.0. The van der Waals surface area contributed by atoms with Gasteiger partial charge in [0.15, 0.2) is 10.4 Å². The van der Waals surface area contributed by atoms with Gasteiger partial charge in [-0.05, 0) is 34.1 Å². The van der Waals surface area contributed by atoms with E-state index in [2.05, 4.69) is 31.7 Å². The van der Waals surface area contributed by atoms with Crippen molar-refractivity contribution in [3.05, 3.63) is 40.0 Å². The molecular weight excluding hydrogens is 380 g/mol. The summed E-state index contributed by atoms with van der Waals surface area (Å²) in [4.78, 5) is 24.0. The average molecular weight is 397 g/mol. The first-order valence-electron chi connectivity index (χ1n) is 7.47. The van der Waals surface area contributed by atoms with Crippen molar-refractivity contribution in [3.8, 4) is 0 Å². The summed E-state index contributed by atoms with van der Waals surface area (Å²) in [6.07, 6.45) is 0.617. The number of nitrogens with one attached hydrogen (secondary N) is 2. The molecule has 1 aliphatic heterocycles. The average Bonchev–Trinajstić information content (AvgIpc) is 3.21. The second-order valence-electron chi connectivity index (χ2n) is 5.43. The molecule has 0 spiro atoms. The molecule has 24 heavy (non-hydrogen) atoms. The molecule has 2 N–H and O–H groups in total. The van der Waals surface area contributed by atoms with E-state index in [1.165, 1.54) is 0 Å². The molecule has 0 radical (unpaired) electrons. The molecule has 2 aromatic heterocycles. The van der Waals surface area contributed by atoms with Crippen molar-refractivity contribution >= 4 is 27.7 Å². The van der Waals surface area contributed by atoms with Crippen LogP contribution in [0.5, 0.6) is 0 Å². The summed E-state index contributed by atoms with van der Waals surface area (Å²) in [6.45, 7) is 1.42. The number of furan rings is 1. The minimum absolute atomic E-state index is 0.0746. The summed E-state index contributed by atoms with van der Waals surface area (Å²) in [5, 5.41) is 9.92. The van der Waals surface area contributed by atoms with Crippen LogP contribution in [0.3, 0.4) is 0 Å². The van der Waals surface area contributed by atoms with Crippen molar-refractivity contribution < 1.29 is 18.7 Å². The van der Waals surface area contributed by atoms with Crippen LogP contribution in [0, 0.1) is 0 Å². The van der Waals surface area contributed by atoms with E-state index in [1.807, 2.05) is 0 Å². The van der Waals surface area contributed by atoms with Gasteiger partial charge >= 0.3 is 0 Å². The fourth-order valence-corrected chi connectivity index (χ4v) is 2.87. The van der Waals surface area contributed by atoms with Crippen molar-refractivity contribution in [2.75, 3.05) is 20.3 Å². The van der Waals surface area contributed by atoms with Crippen LogP contribution < -0.4 is 10.6 Å². The molecule has 8 nitrogen and oxygen atoms in total. The first-order valence-corrected chi connectivity index (χ1v) is 8.26. The van der Waals surface area contributed by atoms with Gasteiger partial charge in [-0.15, -0.1) is 0 Å². The summed E-state index contributed by atoms with van der Waals surface area (Å²) < 4.78 is 12.4. The SMILES string of the molecule is COCCNC(=O)c1cc2n(n1)C[C@@H](NC(=O)c1ccc(Br)o1)C2. The summed E-state index contributed by atoms with van der Waals surface area (Å²) in [6, 6.07) is 4.95. The molecule has 0 fully saturated rings. The molecular formula is C15H17BrN4O4. The van der Waals surface area contributed by atoms with Gasteiger partial charge in [-0.25, -0.2) is 0 Å². The second kappa shape index (κ2) is 7.18. The number of carbonyl (C=O) groups excluding carboxylic acids is 2. The van der Waals surface area contributed by atoms with Crippen molar-refractivity contribution in [2.24, 2.45) is 0 Å². The zero-order chi connectivity index (χ0) is 17.1. The number of ether oxygens (including phenoxy) is 1. The predicted molar refractivity (Wildman–Crippen MR) is 87.8 cm³/mol. The van der Waals surface area contributed by atoms with E-state index in [4.69, 9.17) is 9.15 Å². The number of fused-ring (bicyclic) bond motifs is 1. The molecule has 0 aliphatic carbocycles. The van der Waals surface area contributed by atoms with Crippen LogP contribution in [0.2, 0.25) is 0 Å². The molecule has 2 aromatic rings.